The number of hydrogen-bond donors (Lipinski definition) is 1. The molecule has 0 bridgehead atoms. The van der Waals surface area contributed by atoms with Crippen LogP contribution in [0.4, 0.5) is 11.4 Å². The molecule has 0 aromatic heterocycles. The van der Waals surface area contributed by atoms with Crippen molar-refractivity contribution in [1.82, 2.24) is 0 Å². The summed E-state index contributed by atoms with van der Waals surface area (Å²) in [6, 6.07) is 26.6. The van der Waals surface area contributed by atoms with Crippen LogP contribution < -0.4 is 19.7 Å². The van der Waals surface area contributed by atoms with Gasteiger partial charge in [0.05, 0.1) is 17.7 Å². The largest absolute Gasteiger partial charge is 0.493 e. The van der Waals surface area contributed by atoms with Gasteiger partial charge in [0.15, 0.2) is 22.4 Å². The van der Waals surface area contributed by atoms with Gasteiger partial charge < -0.3 is 14.8 Å². The highest BCUT2D eigenvalue weighted by Gasteiger charge is 2.34. The fourth-order valence-electron chi connectivity index (χ4n) is 4.19. The Hall–Kier alpha value is -4.14. The Kier molecular flexibility index (Phi) is 7.44. The van der Waals surface area contributed by atoms with E-state index in [0.717, 1.165) is 27.6 Å². The molecule has 2 amide bonds. The van der Waals surface area contributed by atoms with E-state index in [9.17, 15) is 9.59 Å². The molecule has 0 atom stereocenters. The van der Waals surface area contributed by atoms with Gasteiger partial charge in [0.25, 0.3) is 11.8 Å². The summed E-state index contributed by atoms with van der Waals surface area (Å²) < 4.78 is 11.7. The molecule has 190 valence electrons. The molecule has 0 saturated carbocycles. The molecule has 38 heavy (non-hydrogen) atoms. The van der Waals surface area contributed by atoms with Gasteiger partial charge in [0.2, 0.25) is 0 Å². The van der Waals surface area contributed by atoms with E-state index in [2.05, 4.69) is 5.32 Å². The van der Waals surface area contributed by atoms with Crippen LogP contribution in [0.5, 0.6) is 11.5 Å². The first-order valence-electron chi connectivity index (χ1n) is 11.9. The molecule has 4 aromatic carbocycles. The zero-order chi connectivity index (χ0) is 26.6. The number of fused-ring (bicyclic) bond motifs is 1. The van der Waals surface area contributed by atoms with Gasteiger partial charge in [0, 0.05) is 11.1 Å². The van der Waals surface area contributed by atoms with Crippen LogP contribution in [0.2, 0.25) is 0 Å². The van der Waals surface area contributed by atoms with E-state index in [-0.39, 0.29) is 18.4 Å². The second kappa shape index (κ2) is 11.1. The minimum atomic E-state index is -0.279. The zero-order valence-corrected chi connectivity index (χ0v) is 22.4. The zero-order valence-electron chi connectivity index (χ0n) is 20.8. The van der Waals surface area contributed by atoms with Crippen LogP contribution in [0.25, 0.3) is 16.8 Å². The van der Waals surface area contributed by atoms with Gasteiger partial charge in [0.1, 0.15) is 0 Å². The lowest BCUT2D eigenvalue weighted by Gasteiger charge is -2.17. The molecule has 1 N–H and O–H groups in total. The molecular weight excluding hydrogens is 516 g/mol. The number of ether oxygens (including phenoxy) is 2. The third-order valence-corrected chi connectivity index (χ3v) is 7.25. The maximum absolute atomic E-state index is 13.4. The molecule has 6 nitrogen and oxygen atoms in total. The summed E-state index contributed by atoms with van der Waals surface area (Å²) in [7, 11) is 1.53. The Morgan fingerprint density at radius 1 is 1.00 bits per heavy atom. The van der Waals surface area contributed by atoms with Gasteiger partial charge in [-0.3, -0.25) is 14.5 Å². The van der Waals surface area contributed by atoms with Crippen molar-refractivity contribution in [3.05, 3.63) is 101 Å². The summed E-state index contributed by atoms with van der Waals surface area (Å²) >= 11 is 6.84. The van der Waals surface area contributed by atoms with Gasteiger partial charge in [-0.25, -0.2) is 0 Å². The molecule has 0 unspecified atom stereocenters. The molecule has 1 aliphatic rings. The molecule has 0 spiro atoms. The molecule has 1 saturated heterocycles. The molecule has 5 rings (SSSR count). The molecule has 1 heterocycles. The number of benzene rings is 4. The average molecular weight is 541 g/mol. The van der Waals surface area contributed by atoms with Crippen molar-refractivity contribution < 1.29 is 19.1 Å². The fraction of sp³-hybridized carbons (Fsp3) is 0.100. The maximum atomic E-state index is 13.4. The molecular formula is C30H24N2O4S2. The molecule has 0 aliphatic carbocycles. The van der Waals surface area contributed by atoms with Gasteiger partial charge in [-0.1, -0.05) is 78.6 Å². The summed E-state index contributed by atoms with van der Waals surface area (Å²) in [5.74, 6) is 0.418. The normalized spacial score (nSPS) is 14.3. The number of carbonyl (C=O) groups excluding carboxylic acids is 2. The maximum Gasteiger partial charge on any atom is 0.270 e. The number of nitrogens with zero attached hydrogens (tertiary/aromatic N) is 1. The van der Waals surface area contributed by atoms with Crippen molar-refractivity contribution in [3.63, 3.8) is 0 Å². The standard InChI is InChI=1S/C30H24N2O4S2/c1-19-7-5-10-22(15-19)31-28(33)18-36-25-14-13-20(16-26(25)35-2)17-27-29(34)32(30(37)38-27)24-12-6-9-21-8-3-4-11-23(21)24/h3-17H,18H2,1-2H3,(H,31,33)/b27-17-. The predicted octanol–water partition coefficient (Wildman–Crippen LogP) is 6.58. The van der Waals surface area contributed by atoms with E-state index in [1.54, 1.807) is 29.2 Å². The van der Waals surface area contributed by atoms with Crippen LogP contribution in [-0.2, 0) is 9.59 Å². The van der Waals surface area contributed by atoms with Crippen LogP contribution in [0.1, 0.15) is 11.1 Å². The van der Waals surface area contributed by atoms with Crippen molar-refractivity contribution in [1.29, 1.82) is 0 Å². The minimum absolute atomic E-state index is 0.173. The molecule has 1 aliphatic heterocycles. The number of rotatable bonds is 7. The molecule has 8 heteroatoms. The quantitative estimate of drug-likeness (QED) is 0.211. The highest BCUT2D eigenvalue weighted by atomic mass is 32.2. The lowest BCUT2D eigenvalue weighted by atomic mass is 10.1. The van der Waals surface area contributed by atoms with Crippen LogP contribution in [0.3, 0.4) is 0 Å². The number of hydrogen-bond acceptors (Lipinski definition) is 6. The average Bonchev–Trinajstić information content (AvgIpc) is 3.19. The number of thioether (sulfide) groups is 1. The van der Waals surface area contributed by atoms with Crippen molar-refractivity contribution in [2.45, 2.75) is 6.92 Å². The molecule has 4 aromatic rings. The van der Waals surface area contributed by atoms with E-state index in [0.29, 0.717) is 26.4 Å². The number of thiocarbonyl (C=S) groups is 1. The Morgan fingerprint density at radius 2 is 1.79 bits per heavy atom. The highest BCUT2D eigenvalue weighted by molar-refractivity contribution is 8.27. The summed E-state index contributed by atoms with van der Waals surface area (Å²) in [4.78, 5) is 27.8. The number of carbonyl (C=O) groups is 2. The van der Waals surface area contributed by atoms with Crippen molar-refractivity contribution in [2.75, 3.05) is 23.9 Å². The second-order valence-electron chi connectivity index (χ2n) is 8.63. The Morgan fingerprint density at radius 3 is 2.61 bits per heavy atom. The van der Waals surface area contributed by atoms with Crippen LogP contribution in [0.15, 0.2) is 89.8 Å². The van der Waals surface area contributed by atoms with Crippen LogP contribution in [0, 0.1) is 6.92 Å². The SMILES string of the molecule is COc1cc(/C=C2\SC(=S)N(c3cccc4ccccc34)C2=O)ccc1OCC(=O)Nc1cccc(C)c1. The van der Waals surface area contributed by atoms with Crippen LogP contribution in [-0.4, -0.2) is 29.9 Å². The fourth-order valence-corrected chi connectivity index (χ4v) is 5.47. The second-order valence-corrected chi connectivity index (χ2v) is 10.3. The Bertz CT molecular complexity index is 1590. The smallest absolute Gasteiger partial charge is 0.270 e. The monoisotopic (exact) mass is 540 g/mol. The van der Waals surface area contributed by atoms with Crippen molar-refractivity contribution >= 4 is 68.3 Å². The van der Waals surface area contributed by atoms with Crippen molar-refractivity contribution in [2.24, 2.45) is 0 Å². The number of nitrogens with one attached hydrogen (secondary N) is 1. The molecule has 0 radical (unpaired) electrons. The first-order chi connectivity index (χ1) is 18.4. The summed E-state index contributed by atoms with van der Waals surface area (Å²) in [6.45, 7) is 1.79. The first-order valence-corrected chi connectivity index (χ1v) is 13.1. The van der Waals surface area contributed by atoms with Crippen LogP contribution >= 0.6 is 24.0 Å². The highest BCUT2D eigenvalue weighted by Crippen LogP contribution is 2.39. The van der Waals surface area contributed by atoms with E-state index in [4.69, 9.17) is 21.7 Å². The van der Waals surface area contributed by atoms with Crippen molar-refractivity contribution in [3.8, 4) is 11.5 Å². The summed E-state index contributed by atoms with van der Waals surface area (Å²) in [5, 5.41) is 4.81. The van der Waals surface area contributed by atoms with Gasteiger partial charge >= 0.3 is 0 Å². The van der Waals surface area contributed by atoms with E-state index < -0.39 is 0 Å². The van der Waals surface area contributed by atoms with Gasteiger partial charge in [-0.05, 0) is 59.8 Å². The number of aryl methyl sites for hydroxylation is 1. The van der Waals surface area contributed by atoms with E-state index >= 15 is 0 Å². The van der Waals surface area contributed by atoms with Gasteiger partial charge in [-0.15, -0.1) is 0 Å². The summed E-state index contributed by atoms with van der Waals surface area (Å²) in [5.41, 5.74) is 3.27. The lowest BCUT2D eigenvalue weighted by molar-refractivity contribution is -0.118. The summed E-state index contributed by atoms with van der Waals surface area (Å²) in [6.07, 6.45) is 1.78. The number of anilines is 2. The molecule has 1 fully saturated rings. The number of methoxy groups -OCH3 is 1. The topological polar surface area (TPSA) is 67.9 Å². The van der Waals surface area contributed by atoms with E-state index in [1.165, 1.54) is 18.9 Å². The third kappa shape index (κ3) is 5.41. The van der Waals surface area contributed by atoms with Gasteiger partial charge in [-0.2, -0.15) is 0 Å². The lowest BCUT2D eigenvalue weighted by Crippen LogP contribution is -2.27. The Labute approximate surface area is 230 Å². The predicted molar refractivity (Wildman–Crippen MR) is 158 cm³/mol. The minimum Gasteiger partial charge on any atom is -0.493 e. The first kappa shape index (κ1) is 25.5. The Balaban J connectivity index is 1.31. The third-order valence-electron chi connectivity index (χ3n) is 5.95. The number of amides is 2. The van der Waals surface area contributed by atoms with E-state index in [1.807, 2.05) is 73.7 Å².